The lowest BCUT2D eigenvalue weighted by Gasteiger charge is -2.12. The first-order chi connectivity index (χ1) is 9.54. The first-order valence-corrected chi connectivity index (χ1v) is 8.07. The Kier molecular flexibility index (Phi) is 4.99. The first-order valence-electron chi connectivity index (χ1n) is 6.15. The summed E-state index contributed by atoms with van der Waals surface area (Å²) in [6.07, 6.45) is 0. The van der Waals surface area contributed by atoms with Crippen LogP contribution in [0.4, 0.5) is 0 Å². The van der Waals surface area contributed by atoms with Crippen molar-refractivity contribution in [1.29, 1.82) is 0 Å². The number of alkyl halides is 1. The molecule has 0 saturated carbocycles. The topological polar surface area (TPSA) is 55.4 Å². The summed E-state index contributed by atoms with van der Waals surface area (Å²) < 4.78 is 32.1. The number of rotatable bonds is 6. The van der Waals surface area contributed by atoms with Crippen LogP contribution in [-0.4, -0.2) is 34.1 Å². The molecule has 6 heteroatoms. The molecule has 2 aromatic rings. The number of halogens is 1. The van der Waals surface area contributed by atoms with Gasteiger partial charge in [0.25, 0.3) is 0 Å². The molecule has 0 radical (unpaired) electrons. The van der Waals surface area contributed by atoms with Crippen LogP contribution in [-0.2, 0) is 14.8 Å². The molecule has 0 aromatic heterocycles. The van der Waals surface area contributed by atoms with E-state index in [9.17, 15) is 8.42 Å². The van der Waals surface area contributed by atoms with Gasteiger partial charge in [0.1, 0.15) is 0 Å². The maximum absolute atomic E-state index is 12.3. The molecule has 0 aliphatic heterocycles. The SMILES string of the molecule is COCC(Cl)CNS(=O)(=O)c1cccc2ccccc12. The zero-order chi connectivity index (χ0) is 14.6. The third kappa shape index (κ3) is 3.49. The average molecular weight is 314 g/mol. The molecule has 20 heavy (non-hydrogen) atoms. The van der Waals surface area contributed by atoms with Gasteiger partial charge < -0.3 is 4.74 Å². The van der Waals surface area contributed by atoms with Crippen LogP contribution in [0.15, 0.2) is 47.4 Å². The van der Waals surface area contributed by atoms with E-state index in [1.807, 2.05) is 24.3 Å². The number of nitrogens with one attached hydrogen (secondary N) is 1. The molecule has 0 spiro atoms. The van der Waals surface area contributed by atoms with E-state index < -0.39 is 15.4 Å². The van der Waals surface area contributed by atoms with Gasteiger partial charge in [-0.05, 0) is 11.5 Å². The molecule has 108 valence electrons. The van der Waals surface area contributed by atoms with E-state index in [2.05, 4.69) is 4.72 Å². The predicted octanol–water partition coefficient (Wildman–Crippen LogP) is 2.37. The summed E-state index contributed by atoms with van der Waals surface area (Å²) in [5.74, 6) is 0. The second kappa shape index (κ2) is 6.54. The first kappa shape index (κ1) is 15.3. The Labute approximate surface area is 123 Å². The highest BCUT2D eigenvalue weighted by atomic mass is 35.5. The Hall–Kier alpha value is -1.14. The van der Waals surface area contributed by atoms with Gasteiger partial charge >= 0.3 is 0 Å². The van der Waals surface area contributed by atoms with E-state index in [0.717, 1.165) is 5.39 Å². The Balaban J connectivity index is 2.28. The van der Waals surface area contributed by atoms with Gasteiger partial charge in [-0.1, -0.05) is 36.4 Å². The van der Waals surface area contributed by atoms with Gasteiger partial charge in [-0.25, -0.2) is 13.1 Å². The number of benzene rings is 2. The highest BCUT2D eigenvalue weighted by Gasteiger charge is 2.18. The van der Waals surface area contributed by atoms with Crippen molar-refractivity contribution >= 4 is 32.4 Å². The minimum absolute atomic E-state index is 0.126. The minimum Gasteiger partial charge on any atom is -0.383 e. The Bertz CT molecular complexity index is 682. The van der Waals surface area contributed by atoms with Gasteiger partial charge in [0.15, 0.2) is 0 Å². The summed E-state index contributed by atoms with van der Waals surface area (Å²) >= 11 is 5.94. The Morgan fingerprint density at radius 3 is 2.65 bits per heavy atom. The summed E-state index contributed by atoms with van der Waals surface area (Å²) in [5, 5.41) is 1.18. The van der Waals surface area contributed by atoms with E-state index in [1.165, 1.54) is 7.11 Å². The van der Waals surface area contributed by atoms with Gasteiger partial charge in [0.05, 0.1) is 16.9 Å². The zero-order valence-corrected chi connectivity index (χ0v) is 12.6. The molecule has 0 bridgehead atoms. The number of hydrogen-bond acceptors (Lipinski definition) is 3. The number of methoxy groups -OCH3 is 1. The summed E-state index contributed by atoms with van der Waals surface area (Å²) in [7, 11) is -2.07. The molecule has 2 rings (SSSR count). The lowest BCUT2D eigenvalue weighted by atomic mass is 10.1. The van der Waals surface area contributed by atoms with Gasteiger partial charge in [-0.2, -0.15) is 0 Å². The zero-order valence-electron chi connectivity index (χ0n) is 11.0. The lowest BCUT2D eigenvalue weighted by molar-refractivity contribution is 0.198. The molecule has 4 nitrogen and oxygen atoms in total. The molecular weight excluding hydrogens is 298 g/mol. The van der Waals surface area contributed by atoms with Crippen molar-refractivity contribution in [2.24, 2.45) is 0 Å². The van der Waals surface area contributed by atoms with Crippen LogP contribution in [0.2, 0.25) is 0 Å². The van der Waals surface area contributed by atoms with Crippen LogP contribution < -0.4 is 4.72 Å². The summed E-state index contributed by atoms with van der Waals surface area (Å²) in [6.45, 7) is 0.417. The monoisotopic (exact) mass is 313 g/mol. The predicted molar refractivity (Wildman–Crippen MR) is 80.7 cm³/mol. The number of sulfonamides is 1. The van der Waals surface area contributed by atoms with E-state index >= 15 is 0 Å². The molecule has 1 N–H and O–H groups in total. The molecule has 0 saturated heterocycles. The second-order valence-corrected chi connectivity index (χ2v) is 6.73. The van der Waals surface area contributed by atoms with Crippen LogP contribution in [0.25, 0.3) is 10.8 Å². The molecule has 0 heterocycles. The molecule has 0 fully saturated rings. The molecule has 0 aliphatic carbocycles. The van der Waals surface area contributed by atoms with Crippen molar-refractivity contribution in [2.45, 2.75) is 10.3 Å². The summed E-state index contributed by atoms with van der Waals surface area (Å²) in [6, 6.07) is 12.6. The number of fused-ring (bicyclic) bond motifs is 1. The molecule has 2 aromatic carbocycles. The Morgan fingerprint density at radius 1 is 1.20 bits per heavy atom. The maximum atomic E-state index is 12.3. The molecule has 0 aliphatic rings. The number of ether oxygens (including phenoxy) is 1. The smallest absolute Gasteiger partial charge is 0.241 e. The normalized spacial score (nSPS) is 13.5. The van der Waals surface area contributed by atoms with Gasteiger partial charge in [0.2, 0.25) is 10.0 Å². The van der Waals surface area contributed by atoms with Crippen LogP contribution in [0.5, 0.6) is 0 Å². The van der Waals surface area contributed by atoms with E-state index in [1.54, 1.807) is 18.2 Å². The fraction of sp³-hybridized carbons (Fsp3) is 0.286. The van der Waals surface area contributed by atoms with E-state index in [4.69, 9.17) is 16.3 Å². The van der Waals surface area contributed by atoms with Crippen molar-refractivity contribution in [3.63, 3.8) is 0 Å². The quantitative estimate of drug-likeness (QED) is 0.833. The Morgan fingerprint density at radius 2 is 1.90 bits per heavy atom. The van der Waals surface area contributed by atoms with Crippen molar-refractivity contribution in [3.05, 3.63) is 42.5 Å². The minimum atomic E-state index is -3.59. The van der Waals surface area contributed by atoms with Crippen LogP contribution >= 0.6 is 11.6 Å². The molecular formula is C14H16ClNO3S. The van der Waals surface area contributed by atoms with Crippen LogP contribution in [0.3, 0.4) is 0 Å². The van der Waals surface area contributed by atoms with Crippen LogP contribution in [0.1, 0.15) is 0 Å². The van der Waals surface area contributed by atoms with Crippen molar-refractivity contribution < 1.29 is 13.2 Å². The summed E-state index contributed by atoms with van der Waals surface area (Å²) in [4.78, 5) is 0.261. The van der Waals surface area contributed by atoms with Crippen LogP contribution in [0, 0.1) is 0 Å². The lowest BCUT2D eigenvalue weighted by Crippen LogP contribution is -2.31. The highest BCUT2D eigenvalue weighted by Crippen LogP contribution is 2.22. The molecule has 1 unspecified atom stereocenters. The van der Waals surface area contributed by atoms with Gasteiger partial charge in [-0.3, -0.25) is 0 Å². The summed E-state index contributed by atoms with van der Waals surface area (Å²) in [5.41, 5.74) is 0. The van der Waals surface area contributed by atoms with Crippen molar-refractivity contribution in [1.82, 2.24) is 4.72 Å². The third-order valence-corrected chi connectivity index (χ3v) is 4.64. The van der Waals surface area contributed by atoms with E-state index in [-0.39, 0.29) is 11.4 Å². The maximum Gasteiger partial charge on any atom is 0.241 e. The molecule has 0 amide bonds. The standard InChI is InChI=1S/C14H16ClNO3S/c1-19-10-12(15)9-16-20(17,18)14-8-4-6-11-5-2-3-7-13(11)14/h2-8,12,16H,9-10H2,1H3. The van der Waals surface area contributed by atoms with Crippen molar-refractivity contribution in [3.8, 4) is 0 Å². The third-order valence-electron chi connectivity index (χ3n) is 2.88. The molecule has 1 atom stereocenters. The largest absolute Gasteiger partial charge is 0.383 e. The van der Waals surface area contributed by atoms with Gasteiger partial charge in [0, 0.05) is 19.0 Å². The highest BCUT2D eigenvalue weighted by molar-refractivity contribution is 7.89. The fourth-order valence-corrected chi connectivity index (χ4v) is 3.55. The van der Waals surface area contributed by atoms with E-state index in [0.29, 0.717) is 12.0 Å². The fourth-order valence-electron chi connectivity index (χ4n) is 1.95. The van der Waals surface area contributed by atoms with Gasteiger partial charge in [-0.15, -0.1) is 11.6 Å². The second-order valence-electron chi connectivity index (χ2n) is 4.38. The number of hydrogen-bond donors (Lipinski definition) is 1. The van der Waals surface area contributed by atoms with Crippen molar-refractivity contribution in [2.75, 3.05) is 20.3 Å². The average Bonchev–Trinajstić information content (AvgIpc) is 2.45.